The van der Waals surface area contributed by atoms with Crippen LogP contribution in [-0.4, -0.2) is 17.6 Å². The molecule has 3 aromatic carbocycles. The molecule has 2 aliphatic heterocycles. The van der Waals surface area contributed by atoms with Crippen LogP contribution in [0.4, 0.5) is 5.69 Å². The molecule has 0 radical (unpaired) electrons. The van der Waals surface area contributed by atoms with E-state index in [1.54, 1.807) is 11.7 Å². The standard InChI is InChI=1S/C29H21N3O3S/c1-35-18-9-6-8-17(15-18)25-21-14-13-16-7-2-3-10-19(16)24(21)31-29-32(25)28(34)26(36-29)23-20-11-4-5-12-22(20)30-27(23)33/h2-12,15,25H,13-14H2,1H3,(H,30,33)/b26-23+. The van der Waals surface area contributed by atoms with E-state index in [4.69, 9.17) is 9.73 Å². The lowest BCUT2D eigenvalue weighted by Crippen LogP contribution is -2.39. The smallest absolute Gasteiger partial charge is 0.271 e. The molecule has 1 aliphatic carbocycles. The molecule has 0 fully saturated rings. The van der Waals surface area contributed by atoms with Gasteiger partial charge in [-0.1, -0.05) is 65.9 Å². The first kappa shape index (κ1) is 21.1. The molecule has 1 atom stereocenters. The number of thiazole rings is 1. The SMILES string of the molecule is COc1cccc(C2C3=C(N=c4s/c(=C5/C(=O)Nc6ccccc65)c(=O)n42)c2ccccc2CC3)c1. The summed E-state index contributed by atoms with van der Waals surface area (Å²) in [6.07, 6.45) is 1.69. The summed E-state index contributed by atoms with van der Waals surface area (Å²) in [6, 6.07) is 23.4. The maximum absolute atomic E-state index is 14.1. The van der Waals surface area contributed by atoms with Gasteiger partial charge in [-0.05, 0) is 47.7 Å². The summed E-state index contributed by atoms with van der Waals surface area (Å²) in [4.78, 5) is 32.7. The van der Waals surface area contributed by atoms with Gasteiger partial charge in [-0.15, -0.1) is 0 Å². The Morgan fingerprint density at radius 1 is 0.972 bits per heavy atom. The lowest BCUT2D eigenvalue weighted by Gasteiger charge is -2.31. The summed E-state index contributed by atoms with van der Waals surface area (Å²) in [6.45, 7) is 0. The Morgan fingerprint density at radius 2 is 1.78 bits per heavy atom. The summed E-state index contributed by atoms with van der Waals surface area (Å²) in [5, 5.41) is 2.90. The van der Waals surface area contributed by atoms with E-state index in [-0.39, 0.29) is 17.5 Å². The maximum atomic E-state index is 14.1. The molecule has 1 aromatic heterocycles. The van der Waals surface area contributed by atoms with Crippen molar-refractivity contribution >= 4 is 34.2 Å². The number of aromatic nitrogens is 1. The first-order valence-corrected chi connectivity index (χ1v) is 12.7. The molecule has 4 aromatic rings. The van der Waals surface area contributed by atoms with Gasteiger partial charge in [-0.2, -0.15) is 0 Å². The van der Waals surface area contributed by atoms with Crippen molar-refractivity contribution in [1.82, 2.24) is 4.57 Å². The number of ether oxygens (including phenoxy) is 1. The molecule has 0 saturated carbocycles. The van der Waals surface area contributed by atoms with Crippen LogP contribution in [0.3, 0.4) is 0 Å². The third-order valence-electron chi connectivity index (χ3n) is 7.16. The number of benzene rings is 3. The summed E-state index contributed by atoms with van der Waals surface area (Å²) < 4.78 is 7.70. The topological polar surface area (TPSA) is 72.7 Å². The molecule has 176 valence electrons. The van der Waals surface area contributed by atoms with E-state index in [1.165, 1.54) is 16.9 Å². The summed E-state index contributed by atoms with van der Waals surface area (Å²) in [7, 11) is 1.64. The Morgan fingerprint density at radius 3 is 2.64 bits per heavy atom. The lowest BCUT2D eigenvalue weighted by atomic mass is 9.83. The Hall–Kier alpha value is -4.23. The van der Waals surface area contributed by atoms with E-state index in [0.717, 1.165) is 52.2 Å². The number of carbonyl (C=O) groups excluding carboxylic acids is 1. The summed E-state index contributed by atoms with van der Waals surface area (Å²) in [5.74, 6) is 0.477. The third kappa shape index (κ3) is 2.99. The molecule has 0 bridgehead atoms. The normalized spacial score (nSPS) is 19.0. The predicted octanol–water partition coefficient (Wildman–Crippen LogP) is 3.65. The quantitative estimate of drug-likeness (QED) is 0.465. The zero-order valence-corrected chi connectivity index (χ0v) is 20.3. The molecule has 1 amide bonds. The number of nitrogens with one attached hydrogen (secondary N) is 1. The fourth-order valence-corrected chi connectivity index (χ4v) is 6.62. The molecular formula is C29H21N3O3S. The number of rotatable bonds is 2. The number of nitrogens with zero attached hydrogens (tertiary/aromatic N) is 2. The van der Waals surface area contributed by atoms with Crippen molar-refractivity contribution in [1.29, 1.82) is 0 Å². The number of aryl methyl sites for hydroxylation is 1. The van der Waals surface area contributed by atoms with Gasteiger partial charge in [0.15, 0.2) is 4.80 Å². The minimum atomic E-state index is -0.325. The Balaban J connectivity index is 1.56. The van der Waals surface area contributed by atoms with Crippen molar-refractivity contribution in [2.24, 2.45) is 4.99 Å². The molecule has 7 heteroatoms. The summed E-state index contributed by atoms with van der Waals surface area (Å²) in [5.41, 5.74) is 7.07. The maximum Gasteiger partial charge on any atom is 0.271 e. The van der Waals surface area contributed by atoms with E-state index >= 15 is 0 Å². The Bertz CT molecular complexity index is 1810. The second-order valence-corrected chi connectivity index (χ2v) is 10.1. The second kappa shape index (κ2) is 7.90. The zero-order valence-electron chi connectivity index (χ0n) is 19.4. The Kier molecular flexibility index (Phi) is 4.62. The van der Waals surface area contributed by atoms with Crippen molar-refractivity contribution in [3.63, 3.8) is 0 Å². The van der Waals surface area contributed by atoms with E-state index in [9.17, 15) is 9.59 Å². The van der Waals surface area contributed by atoms with Gasteiger partial charge in [0.2, 0.25) is 0 Å². The van der Waals surface area contributed by atoms with Crippen molar-refractivity contribution in [2.75, 3.05) is 12.4 Å². The molecule has 6 nitrogen and oxygen atoms in total. The van der Waals surface area contributed by atoms with Crippen LogP contribution in [0, 0.1) is 0 Å². The van der Waals surface area contributed by atoms with Crippen LogP contribution in [-0.2, 0) is 11.2 Å². The van der Waals surface area contributed by atoms with Crippen LogP contribution in [0.2, 0.25) is 0 Å². The van der Waals surface area contributed by atoms with Gasteiger partial charge in [0.25, 0.3) is 11.5 Å². The van der Waals surface area contributed by atoms with Gasteiger partial charge in [-0.25, -0.2) is 4.99 Å². The fourth-order valence-electron chi connectivity index (χ4n) is 5.53. The highest BCUT2D eigenvalue weighted by Crippen LogP contribution is 2.41. The average Bonchev–Trinajstić information content (AvgIpc) is 3.42. The van der Waals surface area contributed by atoms with Gasteiger partial charge in [0, 0.05) is 16.8 Å². The number of methoxy groups -OCH3 is 1. The molecular weight excluding hydrogens is 470 g/mol. The molecule has 0 saturated heterocycles. The van der Waals surface area contributed by atoms with Gasteiger partial charge < -0.3 is 10.1 Å². The molecule has 36 heavy (non-hydrogen) atoms. The highest BCUT2D eigenvalue weighted by molar-refractivity contribution is 7.07. The molecule has 3 aliphatic rings. The molecule has 0 spiro atoms. The average molecular weight is 492 g/mol. The number of fused-ring (bicyclic) bond motifs is 4. The number of allylic oxidation sites excluding steroid dienone is 1. The first-order chi connectivity index (χ1) is 17.6. The van der Waals surface area contributed by atoms with E-state index in [2.05, 4.69) is 23.5 Å². The van der Waals surface area contributed by atoms with Crippen molar-refractivity contribution in [3.05, 3.63) is 120 Å². The lowest BCUT2D eigenvalue weighted by molar-refractivity contribution is -0.110. The third-order valence-corrected chi connectivity index (χ3v) is 8.21. The predicted molar refractivity (Wildman–Crippen MR) is 140 cm³/mol. The Labute approximate surface area is 210 Å². The largest absolute Gasteiger partial charge is 0.497 e. The van der Waals surface area contributed by atoms with Crippen LogP contribution in [0.1, 0.15) is 34.7 Å². The molecule has 3 heterocycles. The highest BCUT2D eigenvalue weighted by Gasteiger charge is 2.34. The molecule has 7 rings (SSSR count). The van der Waals surface area contributed by atoms with Crippen LogP contribution in [0.15, 0.2) is 88.2 Å². The number of amides is 1. The fraction of sp³-hybridized carbons (Fsp3) is 0.138. The van der Waals surface area contributed by atoms with E-state index < -0.39 is 0 Å². The van der Waals surface area contributed by atoms with Crippen LogP contribution < -0.4 is 24.9 Å². The number of hydrogen-bond acceptors (Lipinski definition) is 5. The molecule has 1 unspecified atom stereocenters. The van der Waals surface area contributed by atoms with E-state index in [1.807, 2.05) is 54.6 Å². The highest BCUT2D eigenvalue weighted by atomic mass is 32.1. The van der Waals surface area contributed by atoms with Gasteiger partial charge >= 0.3 is 0 Å². The van der Waals surface area contributed by atoms with Gasteiger partial charge in [0.05, 0.1) is 24.4 Å². The van der Waals surface area contributed by atoms with Gasteiger partial charge in [-0.3, -0.25) is 14.2 Å². The number of para-hydroxylation sites is 1. The van der Waals surface area contributed by atoms with Crippen LogP contribution in [0.5, 0.6) is 5.75 Å². The van der Waals surface area contributed by atoms with Gasteiger partial charge in [0.1, 0.15) is 10.3 Å². The van der Waals surface area contributed by atoms with Crippen LogP contribution >= 0.6 is 11.3 Å². The van der Waals surface area contributed by atoms with E-state index in [0.29, 0.717) is 14.9 Å². The van der Waals surface area contributed by atoms with Crippen molar-refractivity contribution < 1.29 is 9.53 Å². The number of hydrogen-bond donors (Lipinski definition) is 1. The zero-order chi connectivity index (χ0) is 24.4. The second-order valence-electron chi connectivity index (χ2n) is 9.09. The first-order valence-electron chi connectivity index (χ1n) is 11.8. The van der Waals surface area contributed by atoms with Crippen molar-refractivity contribution in [3.8, 4) is 5.75 Å². The minimum Gasteiger partial charge on any atom is -0.497 e. The monoisotopic (exact) mass is 491 g/mol. The van der Waals surface area contributed by atoms with Crippen molar-refractivity contribution in [2.45, 2.75) is 18.9 Å². The van der Waals surface area contributed by atoms with Crippen LogP contribution in [0.25, 0.3) is 11.3 Å². The number of carbonyl (C=O) groups is 1. The summed E-state index contributed by atoms with van der Waals surface area (Å²) >= 11 is 1.29. The number of anilines is 1. The molecule has 1 N–H and O–H groups in total. The minimum absolute atomic E-state index is 0.196.